The molecule has 20 heavy (non-hydrogen) atoms. The monoisotopic (exact) mass is 289 g/mol. The average Bonchev–Trinajstić information content (AvgIpc) is 2.87. The molecule has 0 aliphatic carbocycles. The number of hydrogen-bond donors (Lipinski definition) is 1. The maximum Gasteiger partial charge on any atom is 0.126 e. The number of aryl methyl sites for hydroxylation is 1. The molecular weight excluding hydrogens is 266 g/mol. The van der Waals surface area contributed by atoms with Gasteiger partial charge in [0.1, 0.15) is 5.82 Å². The van der Waals surface area contributed by atoms with Crippen molar-refractivity contribution in [3.8, 4) is 0 Å². The Labute approximate surface area is 125 Å². The van der Waals surface area contributed by atoms with Crippen molar-refractivity contribution in [3.63, 3.8) is 0 Å². The third-order valence-corrected chi connectivity index (χ3v) is 5.14. The van der Waals surface area contributed by atoms with Gasteiger partial charge in [-0.05, 0) is 50.3 Å². The second-order valence-corrected chi connectivity index (χ2v) is 6.70. The van der Waals surface area contributed by atoms with Gasteiger partial charge in [-0.2, -0.15) is 11.8 Å². The number of nitrogens with zero attached hydrogens (tertiary/aromatic N) is 2. The molecule has 2 aromatic rings. The fraction of sp³-hybridized carbons (Fsp3) is 0.562. The summed E-state index contributed by atoms with van der Waals surface area (Å²) in [4.78, 5) is 4.84. The standard InChI is InChI=1S/C16H23N3S/c1-3-19-15-7-5-4-6-14(15)18-16(19)12(2)17-13-8-10-20-11-9-13/h4-7,12-13,17H,3,8-11H2,1-2H3. The van der Waals surface area contributed by atoms with Gasteiger partial charge in [0.15, 0.2) is 0 Å². The van der Waals surface area contributed by atoms with Crippen LogP contribution in [-0.2, 0) is 6.54 Å². The molecule has 0 amide bonds. The van der Waals surface area contributed by atoms with Crippen molar-refractivity contribution < 1.29 is 0 Å². The molecule has 1 aliphatic heterocycles. The van der Waals surface area contributed by atoms with Crippen LogP contribution in [0.3, 0.4) is 0 Å². The molecule has 1 aromatic carbocycles. The van der Waals surface area contributed by atoms with Gasteiger partial charge in [0.25, 0.3) is 0 Å². The van der Waals surface area contributed by atoms with Crippen molar-refractivity contribution in [2.75, 3.05) is 11.5 Å². The number of benzene rings is 1. The molecule has 108 valence electrons. The summed E-state index contributed by atoms with van der Waals surface area (Å²) >= 11 is 2.07. The molecular formula is C16H23N3S. The molecule has 1 atom stereocenters. The molecule has 4 heteroatoms. The van der Waals surface area contributed by atoms with Crippen LogP contribution in [-0.4, -0.2) is 27.1 Å². The van der Waals surface area contributed by atoms with Crippen LogP contribution in [0.1, 0.15) is 38.6 Å². The van der Waals surface area contributed by atoms with Crippen molar-refractivity contribution in [2.24, 2.45) is 0 Å². The van der Waals surface area contributed by atoms with E-state index in [-0.39, 0.29) is 0 Å². The number of hydrogen-bond acceptors (Lipinski definition) is 3. The molecule has 0 radical (unpaired) electrons. The van der Waals surface area contributed by atoms with Crippen molar-refractivity contribution in [3.05, 3.63) is 30.1 Å². The van der Waals surface area contributed by atoms with Gasteiger partial charge >= 0.3 is 0 Å². The zero-order chi connectivity index (χ0) is 13.9. The first kappa shape index (κ1) is 14.0. The SMILES string of the molecule is CCn1c(C(C)NC2CCSCC2)nc2ccccc21. The predicted molar refractivity (Wildman–Crippen MR) is 87.3 cm³/mol. The van der Waals surface area contributed by atoms with Crippen molar-refractivity contribution in [2.45, 2.75) is 45.3 Å². The smallest absolute Gasteiger partial charge is 0.126 e. The molecule has 1 aliphatic rings. The van der Waals surface area contributed by atoms with Crippen LogP contribution in [0.25, 0.3) is 11.0 Å². The fourth-order valence-electron chi connectivity index (χ4n) is 3.05. The number of para-hydroxylation sites is 2. The fourth-order valence-corrected chi connectivity index (χ4v) is 4.16. The Kier molecular flexibility index (Phi) is 4.32. The molecule has 3 nitrogen and oxygen atoms in total. The minimum absolute atomic E-state index is 0.315. The highest BCUT2D eigenvalue weighted by Crippen LogP contribution is 2.23. The Morgan fingerprint density at radius 1 is 1.35 bits per heavy atom. The van der Waals surface area contributed by atoms with Crippen LogP contribution in [0, 0.1) is 0 Å². The Balaban J connectivity index is 1.84. The van der Waals surface area contributed by atoms with Crippen molar-refractivity contribution >= 4 is 22.8 Å². The van der Waals surface area contributed by atoms with Gasteiger partial charge < -0.3 is 9.88 Å². The van der Waals surface area contributed by atoms with E-state index in [0.29, 0.717) is 12.1 Å². The second-order valence-electron chi connectivity index (χ2n) is 5.48. The van der Waals surface area contributed by atoms with Crippen LogP contribution in [0.4, 0.5) is 0 Å². The van der Waals surface area contributed by atoms with Crippen molar-refractivity contribution in [1.82, 2.24) is 14.9 Å². The molecule has 1 N–H and O–H groups in total. The van der Waals surface area contributed by atoms with E-state index < -0.39 is 0 Å². The van der Waals surface area contributed by atoms with E-state index in [2.05, 4.69) is 59.8 Å². The van der Waals surface area contributed by atoms with Crippen LogP contribution >= 0.6 is 11.8 Å². The predicted octanol–water partition coefficient (Wildman–Crippen LogP) is 3.60. The summed E-state index contributed by atoms with van der Waals surface area (Å²) in [5.74, 6) is 3.75. The van der Waals surface area contributed by atoms with E-state index in [4.69, 9.17) is 4.98 Å². The highest BCUT2D eigenvalue weighted by molar-refractivity contribution is 7.99. The van der Waals surface area contributed by atoms with Crippen LogP contribution in [0.15, 0.2) is 24.3 Å². The lowest BCUT2D eigenvalue weighted by molar-refractivity contribution is 0.412. The first-order valence-corrected chi connectivity index (χ1v) is 8.74. The number of fused-ring (bicyclic) bond motifs is 1. The van der Waals surface area contributed by atoms with Crippen LogP contribution in [0.2, 0.25) is 0 Å². The number of thioether (sulfide) groups is 1. The highest BCUT2D eigenvalue weighted by atomic mass is 32.2. The maximum absolute atomic E-state index is 4.84. The highest BCUT2D eigenvalue weighted by Gasteiger charge is 2.20. The molecule has 0 spiro atoms. The second kappa shape index (κ2) is 6.19. The van der Waals surface area contributed by atoms with Gasteiger partial charge in [-0.25, -0.2) is 4.98 Å². The normalized spacial score (nSPS) is 18.5. The van der Waals surface area contributed by atoms with Gasteiger partial charge in [-0.3, -0.25) is 0 Å². The Morgan fingerprint density at radius 2 is 2.10 bits per heavy atom. The van der Waals surface area contributed by atoms with E-state index in [9.17, 15) is 0 Å². The molecule has 2 heterocycles. The summed E-state index contributed by atoms with van der Waals surface area (Å²) < 4.78 is 2.34. The first-order valence-electron chi connectivity index (χ1n) is 7.58. The van der Waals surface area contributed by atoms with E-state index in [1.165, 1.54) is 35.7 Å². The van der Waals surface area contributed by atoms with Gasteiger partial charge in [-0.15, -0.1) is 0 Å². The number of rotatable bonds is 4. The van der Waals surface area contributed by atoms with Crippen LogP contribution in [0.5, 0.6) is 0 Å². The third kappa shape index (κ3) is 2.72. The molecule has 1 saturated heterocycles. The molecule has 1 unspecified atom stereocenters. The summed E-state index contributed by atoms with van der Waals surface area (Å²) in [7, 11) is 0. The average molecular weight is 289 g/mol. The van der Waals surface area contributed by atoms with Crippen molar-refractivity contribution in [1.29, 1.82) is 0 Å². The lowest BCUT2D eigenvalue weighted by atomic mass is 10.1. The van der Waals surface area contributed by atoms with E-state index in [1.54, 1.807) is 0 Å². The van der Waals surface area contributed by atoms with Crippen LogP contribution < -0.4 is 5.32 Å². The molecule has 1 fully saturated rings. The summed E-state index contributed by atoms with van der Waals surface area (Å²) in [6, 6.07) is 9.40. The van der Waals surface area contributed by atoms with E-state index in [0.717, 1.165) is 12.1 Å². The zero-order valence-electron chi connectivity index (χ0n) is 12.3. The topological polar surface area (TPSA) is 29.9 Å². The summed E-state index contributed by atoms with van der Waals surface area (Å²) in [5, 5.41) is 3.77. The Morgan fingerprint density at radius 3 is 2.85 bits per heavy atom. The van der Waals surface area contributed by atoms with Gasteiger partial charge in [-0.1, -0.05) is 12.1 Å². The minimum atomic E-state index is 0.315. The first-order chi connectivity index (χ1) is 9.79. The zero-order valence-corrected chi connectivity index (χ0v) is 13.1. The maximum atomic E-state index is 4.84. The molecule has 1 aromatic heterocycles. The largest absolute Gasteiger partial charge is 0.327 e. The Hall–Kier alpha value is -1.00. The summed E-state index contributed by atoms with van der Waals surface area (Å²) in [6.45, 7) is 5.42. The van der Waals surface area contributed by atoms with Gasteiger partial charge in [0, 0.05) is 12.6 Å². The summed E-state index contributed by atoms with van der Waals surface area (Å²) in [5.41, 5.74) is 2.36. The third-order valence-electron chi connectivity index (χ3n) is 4.09. The lowest BCUT2D eigenvalue weighted by Gasteiger charge is -2.26. The minimum Gasteiger partial charge on any atom is -0.327 e. The quantitative estimate of drug-likeness (QED) is 0.932. The Bertz CT molecular complexity index is 572. The number of aromatic nitrogens is 2. The van der Waals surface area contributed by atoms with E-state index in [1.807, 2.05) is 0 Å². The molecule has 0 bridgehead atoms. The number of imidazole rings is 1. The van der Waals surface area contributed by atoms with E-state index >= 15 is 0 Å². The van der Waals surface area contributed by atoms with Gasteiger partial charge in [0.2, 0.25) is 0 Å². The molecule has 3 rings (SSSR count). The number of nitrogens with one attached hydrogen (secondary N) is 1. The van der Waals surface area contributed by atoms with Gasteiger partial charge in [0.05, 0.1) is 17.1 Å². The lowest BCUT2D eigenvalue weighted by Crippen LogP contribution is -2.35. The molecule has 0 saturated carbocycles. The summed E-state index contributed by atoms with van der Waals surface area (Å²) in [6.07, 6.45) is 2.56.